The largest absolute Gasteiger partial charge is 0.348 e. The number of fused-ring (bicyclic) bond motifs is 3. The number of rotatable bonds is 3. The molecule has 6 heteroatoms. The molecule has 148 valence electrons. The number of aromatic nitrogens is 2. The average Bonchev–Trinajstić information content (AvgIpc) is 3.12. The summed E-state index contributed by atoms with van der Waals surface area (Å²) in [5, 5.41) is 12.5. The third-order valence-electron chi connectivity index (χ3n) is 6.52. The van der Waals surface area contributed by atoms with E-state index in [0.717, 1.165) is 49.8 Å². The third-order valence-corrected chi connectivity index (χ3v) is 6.78. The lowest BCUT2D eigenvalue weighted by Gasteiger charge is -2.29. The summed E-state index contributed by atoms with van der Waals surface area (Å²) in [7, 11) is 0. The smallest absolute Gasteiger partial charge is 0.272 e. The van der Waals surface area contributed by atoms with Crippen molar-refractivity contribution in [3.63, 3.8) is 0 Å². The van der Waals surface area contributed by atoms with Crippen LogP contribution in [0.4, 0.5) is 0 Å². The number of amides is 1. The van der Waals surface area contributed by atoms with Crippen molar-refractivity contribution in [3.05, 3.63) is 46.2 Å². The first kappa shape index (κ1) is 18.2. The minimum Gasteiger partial charge on any atom is -0.348 e. The van der Waals surface area contributed by atoms with Crippen LogP contribution in [0.25, 0.3) is 5.69 Å². The molecule has 0 saturated carbocycles. The summed E-state index contributed by atoms with van der Waals surface area (Å²) in [6.07, 6.45) is 9.90. The number of nitrogens with one attached hydrogen (secondary N) is 2. The zero-order chi connectivity index (χ0) is 19.1. The Morgan fingerprint density at radius 1 is 1.07 bits per heavy atom. The van der Waals surface area contributed by atoms with Gasteiger partial charge in [0.05, 0.1) is 5.69 Å². The zero-order valence-corrected chi connectivity index (χ0v) is 16.8. The van der Waals surface area contributed by atoms with E-state index in [2.05, 4.69) is 10.6 Å². The average molecular weight is 399 g/mol. The van der Waals surface area contributed by atoms with Crippen LogP contribution in [-0.2, 0) is 12.8 Å². The topological polar surface area (TPSA) is 59.0 Å². The Balaban J connectivity index is 1.45. The van der Waals surface area contributed by atoms with Crippen molar-refractivity contribution < 1.29 is 4.79 Å². The van der Waals surface area contributed by atoms with Gasteiger partial charge in [-0.1, -0.05) is 18.0 Å². The van der Waals surface area contributed by atoms with Crippen molar-refractivity contribution in [3.8, 4) is 5.69 Å². The fraction of sp³-hybridized carbons (Fsp3) is 0.545. The standard InChI is InChI=1S/C22H27ClN4O/c23-14-6-10-18(11-7-14)27-20-5-3-1-2-4-19(20)21(26-27)22(28)25-17-12-15-8-9-16(13-17)24-15/h6-7,10-11,15-17,24H,1-5,8-9,12-13H2,(H,25,28). The third kappa shape index (κ3) is 3.46. The number of hydrogen-bond acceptors (Lipinski definition) is 3. The van der Waals surface area contributed by atoms with E-state index >= 15 is 0 Å². The second kappa shape index (κ2) is 7.53. The molecule has 2 aromatic rings. The Labute approximate surface area is 170 Å². The van der Waals surface area contributed by atoms with Crippen LogP contribution in [-0.4, -0.2) is 33.8 Å². The molecular weight excluding hydrogens is 372 g/mol. The van der Waals surface area contributed by atoms with Crippen molar-refractivity contribution in [2.75, 3.05) is 0 Å². The molecule has 1 aromatic carbocycles. The first-order chi connectivity index (χ1) is 13.7. The second-order valence-corrected chi connectivity index (χ2v) is 8.94. The van der Waals surface area contributed by atoms with Crippen LogP contribution in [0, 0.1) is 0 Å². The maximum absolute atomic E-state index is 13.2. The van der Waals surface area contributed by atoms with Gasteiger partial charge >= 0.3 is 0 Å². The highest BCUT2D eigenvalue weighted by molar-refractivity contribution is 6.30. The van der Waals surface area contributed by atoms with Gasteiger partial charge in [0.15, 0.2) is 5.69 Å². The molecule has 28 heavy (non-hydrogen) atoms. The Morgan fingerprint density at radius 3 is 2.54 bits per heavy atom. The highest BCUT2D eigenvalue weighted by Crippen LogP contribution is 2.29. The Morgan fingerprint density at radius 2 is 1.79 bits per heavy atom. The molecule has 2 unspecified atom stereocenters. The minimum atomic E-state index is -0.00263. The van der Waals surface area contributed by atoms with Crippen LogP contribution in [0.1, 0.15) is 66.7 Å². The quantitative estimate of drug-likeness (QED) is 0.773. The lowest BCUT2D eigenvalue weighted by atomic mass is 9.99. The predicted octanol–water partition coefficient (Wildman–Crippen LogP) is 3.81. The van der Waals surface area contributed by atoms with Crippen molar-refractivity contribution >= 4 is 17.5 Å². The number of carbonyl (C=O) groups is 1. The van der Waals surface area contributed by atoms with E-state index in [0.29, 0.717) is 22.8 Å². The first-order valence-corrected chi connectivity index (χ1v) is 11.0. The van der Waals surface area contributed by atoms with Crippen molar-refractivity contribution in [1.29, 1.82) is 0 Å². The normalized spacial score (nSPS) is 26.5. The molecule has 0 spiro atoms. The number of hydrogen-bond donors (Lipinski definition) is 2. The Kier molecular flexibility index (Phi) is 4.89. The molecule has 2 fully saturated rings. The molecule has 2 saturated heterocycles. The van der Waals surface area contributed by atoms with E-state index in [1.165, 1.54) is 25.0 Å². The highest BCUT2D eigenvalue weighted by Gasteiger charge is 2.35. The van der Waals surface area contributed by atoms with Gasteiger partial charge in [0, 0.05) is 34.4 Å². The van der Waals surface area contributed by atoms with E-state index < -0.39 is 0 Å². The van der Waals surface area contributed by atoms with Gasteiger partial charge in [-0.3, -0.25) is 4.79 Å². The van der Waals surface area contributed by atoms with Gasteiger partial charge in [-0.25, -0.2) is 4.68 Å². The summed E-state index contributed by atoms with van der Waals surface area (Å²) in [6.45, 7) is 0. The van der Waals surface area contributed by atoms with Gasteiger partial charge in [0.25, 0.3) is 5.91 Å². The summed E-state index contributed by atoms with van der Waals surface area (Å²) >= 11 is 6.06. The minimum absolute atomic E-state index is 0.00263. The zero-order valence-electron chi connectivity index (χ0n) is 16.1. The van der Waals surface area contributed by atoms with Crippen LogP contribution >= 0.6 is 11.6 Å². The highest BCUT2D eigenvalue weighted by atomic mass is 35.5. The number of nitrogens with zero attached hydrogens (tertiary/aromatic N) is 2. The van der Waals surface area contributed by atoms with E-state index in [4.69, 9.17) is 16.7 Å². The maximum Gasteiger partial charge on any atom is 0.272 e. The van der Waals surface area contributed by atoms with E-state index in [-0.39, 0.29) is 11.9 Å². The van der Waals surface area contributed by atoms with E-state index in [9.17, 15) is 4.79 Å². The molecule has 5 rings (SSSR count). The molecular formula is C22H27ClN4O. The second-order valence-electron chi connectivity index (χ2n) is 8.50. The SMILES string of the molecule is O=C(NC1CC2CCC(C1)N2)c1nn(-c2ccc(Cl)cc2)c2c1CCCCC2. The summed E-state index contributed by atoms with van der Waals surface area (Å²) in [5.74, 6) is -0.00263. The molecule has 3 aliphatic rings. The Hall–Kier alpha value is -1.85. The molecule has 5 nitrogen and oxygen atoms in total. The molecule has 0 radical (unpaired) electrons. The van der Waals surface area contributed by atoms with Crippen LogP contribution in [0.3, 0.4) is 0 Å². The van der Waals surface area contributed by atoms with Crippen LogP contribution in [0.5, 0.6) is 0 Å². The molecule has 1 aliphatic carbocycles. The fourth-order valence-electron chi connectivity index (χ4n) is 5.18. The molecule has 2 atom stereocenters. The lowest BCUT2D eigenvalue weighted by molar-refractivity contribution is 0.0917. The Bertz CT molecular complexity index is 863. The monoisotopic (exact) mass is 398 g/mol. The van der Waals surface area contributed by atoms with E-state index in [1.54, 1.807) is 0 Å². The predicted molar refractivity (Wildman–Crippen MR) is 110 cm³/mol. The number of benzene rings is 1. The molecule has 1 aromatic heterocycles. The van der Waals surface area contributed by atoms with Gasteiger partial charge in [0.1, 0.15) is 0 Å². The van der Waals surface area contributed by atoms with Crippen LogP contribution < -0.4 is 10.6 Å². The van der Waals surface area contributed by atoms with Crippen LogP contribution in [0.2, 0.25) is 5.02 Å². The fourth-order valence-corrected chi connectivity index (χ4v) is 5.31. The number of carbonyl (C=O) groups excluding carboxylic acids is 1. The van der Waals surface area contributed by atoms with Crippen molar-refractivity contribution in [1.82, 2.24) is 20.4 Å². The van der Waals surface area contributed by atoms with Gasteiger partial charge < -0.3 is 10.6 Å². The van der Waals surface area contributed by atoms with Crippen molar-refractivity contribution in [2.45, 2.75) is 75.9 Å². The maximum atomic E-state index is 13.2. The van der Waals surface area contributed by atoms with Crippen LogP contribution in [0.15, 0.2) is 24.3 Å². The van der Waals surface area contributed by atoms with Gasteiger partial charge in [-0.2, -0.15) is 5.10 Å². The van der Waals surface area contributed by atoms with Gasteiger partial charge in [-0.05, 0) is 75.6 Å². The van der Waals surface area contributed by atoms with Gasteiger partial charge in [-0.15, -0.1) is 0 Å². The molecule has 1 amide bonds. The summed E-state index contributed by atoms with van der Waals surface area (Å²) in [4.78, 5) is 13.2. The van der Waals surface area contributed by atoms with Gasteiger partial charge in [0.2, 0.25) is 0 Å². The molecule has 2 N–H and O–H groups in total. The molecule has 3 heterocycles. The lowest BCUT2D eigenvalue weighted by Crippen LogP contribution is -2.48. The molecule has 2 aliphatic heterocycles. The number of piperidine rings is 1. The van der Waals surface area contributed by atoms with E-state index in [1.807, 2.05) is 28.9 Å². The summed E-state index contributed by atoms with van der Waals surface area (Å²) in [5.41, 5.74) is 3.93. The number of halogens is 1. The summed E-state index contributed by atoms with van der Waals surface area (Å²) in [6, 6.07) is 9.10. The first-order valence-electron chi connectivity index (χ1n) is 10.6. The van der Waals surface area contributed by atoms with Crippen molar-refractivity contribution in [2.24, 2.45) is 0 Å². The molecule has 2 bridgehead atoms. The summed E-state index contributed by atoms with van der Waals surface area (Å²) < 4.78 is 1.97.